The lowest BCUT2D eigenvalue weighted by molar-refractivity contribution is -0.128. The van der Waals surface area contributed by atoms with Crippen molar-refractivity contribution in [1.82, 2.24) is 14.8 Å². The van der Waals surface area contributed by atoms with Crippen LogP contribution in [0, 0.1) is 6.92 Å². The van der Waals surface area contributed by atoms with Gasteiger partial charge in [-0.2, -0.15) is 5.10 Å². The number of hydrogen-bond donors (Lipinski definition) is 2. The first-order chi connectivity index (χ1) is 15.4. The van der Waals surface area contributed by atoms with Gasteiger partial charge in [0.1, 0.15) is 5.76 Å². The Morgan fingerprint density at radius 2 is 1.44 bits per heavy atom. The summed E-state index contributed by atoms with van der Waals surface area (Å²) < 4.78 is 1.61. The molecule has 5 rings (SSSR count). The molecule has 1 aliphatic heterocycles. The molecule has 0 atom stereocenters. The zero-order chi connectivity index (χ0) is 22.6. The summed E-state index contributed by atoms with van der Waals surface area (Å²) in [5, 5.41) is 19.9. The van der Waals surface area contributed by atoms with Crippen molar-refractivity contribution in [3.63, 3.8) is 0 Å². The Morgan fingerprint density at radius 3 is 2.03 bits per heavy atom. The van der Waals surface area contributed by atoms with Crippen molar-refractivity contribution in [1.29, 1.82) is 0 Å². The largest absolute Gasteiger partial charge is 0.506 e. The van der Waals surface area contributed by atoms with Crippen molar-refractivity contribution in [2.24, 2.45) is 5.10 Å². The number of hydrazone groups is 1. The highest BCUT2D eigenvalue weighted by Gasteiger charge is 2.45. The minimum absolute atomic E-state index is 0.00576. The SMILES string of the molecule is CC1=NN(C2CCCCC2)C(=O)/C1=C1\C(=O)C(c2c(C)[nH]n(C3CCCCC3)c2=O)=C1O. The average molecular weight is 439 g/mol. The summed E-state index contributed by atoms with van der Waals surface area (Å²) in [6, 6.07) is 0.133. The van der Waals surface area contributed by atoms with E-state index in [0.29, 0.717) is 11.4 Å². The number of hydrogen-bond acceptors (Lipinski definition) is 5. The van der Waals surface area contributed by atoms with Gasteiger partial charge in [0.2, 0.25) is 5.78 Å². The highest BCUT2D eigenvalue weighted by Crippen LogP contribution is 2.40. The molecular formula is C24H30N4O4. The van der Waals surface area contributed by atoms with Crippen LogP contribution in [-0.4, -0.2) is 43.3 Å². The molecule has 3 aliphatic carbocycles. The van der Waals surface area contributed by atoms with Crippen LogP contribution in [0.3, 0.4) is 0 Å². The molecule has 1 aromatic heterocycles. The molecule has 0 bridgehead atoms. The van der Waals surface area contributed by atoms with Crippen molar-refractivity contribution >= 4 is 23.0 Å². The predicted octanol–water partition coefficient (Wildman–Crippen LogP) is 3.69. The van der Waals surface area contributed by atoms with Crippen LogP contribution >= 0.6 is 0 Å². The van der Waals surface area contributed by atoms with E-state index in [-0.39, 0.29) is 51.6 Å². The third-order valence-corrected chi connectivity index (χ3v) is 7.43. The molecule has 4 aliphatic rings. The summed E-state index contributed by atoms with van der Waals surface area (Å²) in [6.45, 7) is 3.44. The number of aliphatic hydroxyl groups is 1. The number of amides is 1. The Hall–Kier alpha value is -2.90. The quantitative estimate of drug-likeness (QED) is 0.702. The number of carbonyl (C=O) groups excluding carboxylic acids is 2. The molecule has 0 aromatic carbocycles. The molecule has 170 valence electrons. The summed E-state index contributed by atoms with van der Waals surface area (Å²) in [5.41, 5.74) is 1.12. The molecule has 32 heavy (non-hydrogen) atoms. The van der Waals surface area contributed by atoms with Crippen molar-refractivity contribution in [3.8, 4) is 0 Å². The van der Waals surface area contributed by atoms with Gasteiger partial charge >= 0.3 is 0 Å². The van der Waals surface area contributed by atoms with Crippen molar-refractivity contribution in [2.45, 2.75) is 90.1 Å². The molecule has 0 radical (unpaired) electrons. The van der Waals surface area contributed by atoms with Gasteiger partial charge in [-0.25, -0.2) is 9.69 Å². The number of allylic oxidation sites excluding steroid dienone is 2. The molecule has 2 fully saturated rings. The second-order valence-corrected chi connectivity index (χ2v) is 9.51. The summed E-state index contributed by atoms with van der Waals surface area (Å²) in [6.07, 6.45) is 10.2. The fraction of sp³-hybridized carbons (Fsp3) is 0.583. The summed E-state index contributed by atoms with van der Waals surface area (Å²) in [7, 11) is 0. The number of Topliss-reactive ketones (excluding diaryl/α,β-unsaturated/α-hetero) is 1. The standard InChI is InChI=1S/C24H30N4O4/c1-13-17(23(31)27(25-13)15-9-5-3-6-10-15)19-21(29)20(22(19)30)18-14(2)26-28(24(18)32)16-11-7-4-8-12-16/h15-16,25,29H,3-12H2,1-2H3/b20-18-. The highest BCUT2D eigenvalue weighted by molar-refractivity contribution is 6.44. The smallest absolute Gasteiger partial charge is 0.277 e. The Bertz CT molecular complexity index is 1140. The van der Waals surface area contributed by atoms with E-state index in [4.69, 9.17) is 0 Å². The first-order valence-electron chi connectivity index (χ1n) is 11.8. The number of H-pyrrole nitrogens is 1. The molecule has 0 saturated heterocycles. The van der Waals surface area contributed by atoms with Crippen LogP contribution < -0.4 is 5.56 Å². The van der Waals surface area contributed by atoms with E-state index in [0.717, 1.165) is 57.8 Å². The van der Waals surface area contributed by atoms with Crippen LogP contribution in [0.25, 0.3) is 5.57 Å². The minimum Gasteiger partial charge on any atom is -0.506 e. The molecule has 8 nitrogen and oxygen atoms in total. The zero-order valence-electron chi connectivity index (χ0n) is 18.7. The third kappa shape index (κ3) is 3.11. The summed E-state index contributed by atoms with van der Waals surface area (Å²) >= 11 is 0. The lowest BCUT2D eigenvalue weighted by Gasteiger charge is -2.28. The van der Waals surface area contributed by atoms with E-state index in [1.165, 1.54) is 11.4 Å². The van der Waals surface area contributed by atoms with Crippen LogP contribution in [-0.2, 0) is 9.59 Å². The first kappa shape index (κ1) is 21.0. The van der Waals surface area contributed by atoms with E-state index in [1.807, 2.05) is 0 Å². The second-order valence-electron chi connectivity index (χ2n) is 9.51. The second kappa shape index (κ2) is 7.90. The third-order valence-electron chi connectivity index (χ3n) is 7.43. The number of rotatable bonds is 3. The molecule has 0 spiro atoms. The zero-order valence-corrected chi connectivity index (χ0v) is 18.7. The number of ketones is 1. The topological polar surface area (TPSA) is 108 Å². The molecule has 2 heterocycles. The monoisotopic (exact) mass is 438 g/mol. The number of aliphatic hydroxyl groups excluding tert-OH is 1. The van der Waals surface area contributed by atoms with Crippen LogP contribution in [0.2, 0.25) is 0 Å². The first-order valence-corrected chi connectivity index (χ1v) is 11.8. The van der Waals surface area contributed by atoms with E-state index in [1.54, 1.807) is 18.5 Å². The van der Waals surface area contributed by atoms with E-state index < -0.39 is 5.78 Å². The van der Waals surface area contributed by atoms with Gasteiger partial charge in [-0.3, -0.25) is 19.5 Å². The molecule has 8 heteroatoms. The van der Waals surface area contributed by atoms with Gasteiger partial charge in [-0.15, -0.1) is 0 Å². The number of nitrogens with zero attached hydrogens (tertiary/aromatic N) is 3. The number of aryl methyl sites for hydroxylation is 1. The van der Waals surface area contributed by atoms with Crippen LogP contribution in [0.15, 0.2) is 26.8 Å². The van der Waals surface area contributed by atoms with Crippen molar-refractivity contribution in [3.05, 3.63) is 38.5 Å². The molecule has 1 aromatic rings. The normalized spacial score (nSPS) is 25.6. The van der Waals surface area contributed by atoms with Crippen LogP contribution in [0.5, 0.6) is 0 Å². The van der Waals surface area contributed by atoms with Crippen molar-refractivity contribution < 1.29 is 14.7 Å². The van der Waals surface area contributed by atoms with Gasteiger partial charge in [-0.1, -0.05) is 38.5 Å². The Labute approximate surface area is 186 Å². The average Bonchev–Trinajstić information content (AvgIpc) is 3.26. The molecule has 1 amide bonds. The Morgan fingerprint density at radius 1 is 0.844 bits per heavy atom. The fourth-order valence-corrected chi connectivity index (χ4v) is 5.71. The van der Waals surface area contributed by atoms with Gasteiger partial charge in [0.15, 0.2) is 0 Å². The number of carbonyl (C=O) groups is 2. The van der Waals surface area contributed by atoms with Gasteiger partial charge in [0.05, 0.1) is 40.1 Å². The maximum Gasteiger partial charge on any atom is 0.277 e. The summed E-state index contributed by atoms with van der Waals surface area (Å²) in [4.78, 5) is 39.4. The van der Waals surface area contributed by atoms with Crippen LogP contribution in [0.4, 0.5) is 0 Å². The number of aromatic nitrogens is 2. The Kier molecular flexibility index (Phi) is 5.18. The maximum atomic E-state index is 13.2. The molecule has 2 saturated carbocycles. The number of aromatic amines is 1. The Balaban J connectivity index is 1.50. The van der Waals surface area contributed by atoms with Gasteiger partial charge in [0, 0.05) is 5.69 Å². The van der Waals surface area contributed by atoms with Gasteiger partial charge in [0.25, 0.3) is 11.5 Å². The predicted molar refractivity (Wildman–Crippen MR) is 120 cm³/mol. The van der Waals surface area contributed by atoms with E-state index in [2.05, 4.69) is 10.2 Å². The summed E-state index contributed by atoms with van der Waals surface area (Å²) in [5.74, 6) is -1.05. The maximum absolute atomic E-state index is 13.2. The highest BCUT2D eigenvalue weighted by atomic mass is 16.3. The fourth-order valence-electron chi connectivity index (χ4n) is 5.71. The van der Waals surface area contributed by atoms with Crippen LogP contribution in [0.1, 0.15) is 88.4 Å². The minimum atomic E-state index is -0.458. The lowest BCUT2D eigenvalue weighted by atomic mass is 9.80. The lowest BCUT2D eigenvalue weighted by Crippen LogP contribution is -2.37. The van der Waals surface area contributed by atoms with E-state index >= 15 is 0 Å². The molecular weight excluding hydrogens is 408 g/mol. The number of nitrogens with one attached hydrogen (secondary N) is 1. The van der Waals surface area contributed by atoms with Crippen molar-refractivity contribution in [2.75, 3.05) is 0 Å². The molecule has 2 N–H and O–H groups in total. The molecule has 0 unspecified atom stereocenters. The van der Waals surface area contributed by atoms with E-state index in [9.17, 15) is 19.5 Å². The van der Waals surface area contributed by atoms with Gasteiger partial charge in [-0.05, 0) is 39.5 Å². The van der Waals surface area contributed by atoms with Gasteiger partial charge < -0.3 is 5.11 Å².